The van der Waals surface area contributed by atoms with Gasteiger partial charge in [0, 0.05) is 19.3 Å². The summed E-state index contributed by atoms with van der Waals surface area (Å²) in [5, 5.41) is 0. The second-order valence-electron chi connectivity index (χ2n) is 18.5. The summed E-state index contributed by atoms with van der Waals surface area (Å²) in [5.74, 6) is -0.922. The lowest BCUT2D eigenvalue weighted by Gasteiger charge is -2.18. The van der Waals surface area contributed by atoms with Crippen molar-refractivity contribution in [1.82, 2.24) is 0 Å². The molecule has 0 saturated carbocycles. The molecule has 0 rings (SSSR count). The zero-order valence-corrected chi connectivity index (χ0v) is 43.0. The van der Waals surface area contributed by atoms with Crippen LogP contribution < -0.4 is 0 Å². The first-order chi connectivity index (χ1) is 32.0. The molecule has 6 nitrogen and oxygen atoms in total. The normalized spacial score (nSPS) is 12.5. The predicted molar refractivity (Wildman–Crippen MR) is 279 cm³/mol. The van der Waals surface area contributed by atoms with Crippen molar-refractivity contribution in [2.45, 2.75) is 284 Å². The van der Waals surface area contributed by atoms with Gasteiger partial charge < -0.3 is 14.2 Å². The second-order valence-corrected chi connectivity index (χ2v) is 18.5. The quantitative estimate of drug-likeness (QED) is 0.0199. The van der Waals surface area contributed by atoms with Gasteiger partial charge in [-0.3, -0.25) is 14.4 Å². The van der Waals surface area contributed by atoms with Gasteiger partial charge in [-0.2, -0.15) is 0 Å². The number of esters is 3. The van der Waals surface area contributed by atoms with Gasteiger partial charge in [0.1, 0.15) is 13.2 Å². The standard InChI is InChI=1S/C59H104O6/c1-4-7-10-13-16-19-22-24-26-28-29-31-32-34-37-40-43-46-49-52-58(61)64-55-56(54-63-57(60)51-48-45-42-39-36-21-18-15-12-9-6-3)65-59(62)53-50-47-44-41-38-35-33-30-27-25-23-20-17-14-11-8-5-2/h15,17-18,20-21,25,27-29,36,56H,4-14,16,19,22-24,26,30-35,37-55H2,1-3H3/b18-15-,20-17-,27-25-,29-28-,36-21-. The van der Waals surface area contributed by atoms with Gasteiger partial charge in [-0.15, -0.1) is 0 Å². The van der Waals surface area contributed by atoms with Crippen molar-refractivity contribution >= 4 is 17.9 Å². The number of hydrogen-bond donors (Lipinski definition) is 0. The van der Waals surface area contributed by atoms with Crippen LogP contribution in [0.3, 0.4) is 0 Å². The fourth-order valence-corrected chi connectivity index (χ4v) is 7.74. The van der Waals surface area contributed by atoms with Crippen LogP contribution in [0.1, 0.15) is 278 Å². The van der Waals surface area contributed by atoms with Crippen molar-refractivity contribution in [3.63, 3.8) is 0 Å². The lowest BCUT2D eigenvalue weighted by atomic mass is 10.1. The van der Waals surface area contributed by atoms with Crippen LogP contribution in [0.15, 0.2) is 60.8 Å². The number of carbonyl (C=O) groups is 3. The average molecular weight is 909 g/mol. The Morgan fingerprint density at radius 2 is 0.615 bits per heavy atom. The Balaban J connectivity index is 4.36. The second kappa shape index (κ2) is 53.7. The summed E-state index contributed by atoms with van der Waals surface area (Å²) in [6.45, 7) is 6.54. The van der Waals surface area contributed by atoms with Crippen molar-refractivity contribution < 1.29 is 28.6 Å². The number of ether oxygens (including phenoxy) is 3. The minimum Gasteiger partial charge on any atom is -0.462 e. The highest BCUT2D eigenvalue weighted by atomic mass is 16.6. The first-order valence-corrected chi connectivity index (χ1v) is 27.8. The van der Waals surface area contributed by atoms with Gasteiger partial charge >= 0.3 is 17.9 Å². The summed E-state index contributed by atoms with van der Waals surface area (Å²) in [7, 11) is 0. The minimum absolute atomic E-state index is 0.0877. The third-order valence-corrected chi connectivity index (χ3v) is 12.0. The molecule has 0 aromatic heterocycles. The Morgan fingerprint density at radius 1 is 0.323 bits per heavy atom. The highest BCUT2D eigenvalue weighted by Crippen LogP contribution is 2.15. The summed E-state index contributed by atoms with van der Waals surface area (Å²) in [6, 6.07) is 0. The van der Waals surface area contributed by atoms with Gasteiger partial charge in [0.15, 0.2) is 6.10 Å². The Morgan fingerprint density at radius 3 is 1.05 bits per heavy atom. The van der Waals surface area contributed by atoms with Crippen LogP contribution in [0.25, 0.3) is 0 Å². The molecule has 0 aromatic carbocycles. The maximum atomic E-state index is 12.8. The summed E-state index contributed by atoms with van der Waals surface area (Å²) < 4.78 is 16.8. The van der Waals surface area contributed by atoms with E-state index >= 15 is 0 Å². The predicted octanol–water partition coefficient (Wildman–Crippen LogP) is 18.4. The highest BCUT2D eigenvalue weighted by Gasteiger charge is 2.19. The van der Waals surface area contributed by atoms with E-state index in [2.05, 4.69) is 81.5 Å². The molecule has 0 N–H and O–H groups in total. The Bertz CT molecular complexity index is 1180. The minimum atomic E-state index is -0.790. The molecule has 65 heavy (non-hydrogen) atoms. The molecule has 0 saturated heterocycles. The molecule has 0 aliphatic heterocycles. The molecule has 0 aliphatic carbocycles. The molecule has 376 valence electrons. The summed E-state index contributed by atoms with van der Waals surface area (Å²) in [4.78, 5) is 38.0. The van der Waals surface area contributed by atoms with E-state index < -0.39 is 6.10 Å². The maximum Gasteiger partial charge on any atom is 0.306 e. The van der Waals surface area contributed by atoms with Gasteiger partial charge in [-0.1, -0.05) is 223 Å². The van der Waals surface area contributed by atoms with Crippen LogP contribution in [0.5, 0.6) is 0 Å². The molecule has 1 unspecified atom stereocenters. The van der Waals surface area contributed by atoms with Crippen molar-refractivity contribution in [1.29, 1.82) is 0 Å². The summed E-state index contributed by atoms with van der Waals surface area (Å²) in [6.07, 6.45) is 66.4. The Kier molecular flexibility index (Phi) is 51.3. The topological polar surface area (TPSA) is 78.9 Å². The average Bonchev–Trinajstić information content (AvgIpc) is 3.30. The first kappa shape index (κ1) is 62.1. The number of hydrogen-bond acceptors (Lipinski definition) is 6. The van der Waals surface area contributed by atoms with Crippen molar-refractivity contribution in [2.24, 2.45) is 0 Å². The Hall–Kier alpha value is -2.89. The zero-order chi connectivity index (χ0) is 47.2. The van der Waals surface area contributed by atoms with Crippen molar-refractivity contribution in [2.75, 3.05) is 13.2 Å². The highest BCUT2D eigenvalue weighted by molar-refractivity contribution is 5.71. The van der Waals surface area contributed by atoms with Crippen molar-refractivity contribution in [3.8, 4) is 0 Å². The van der Waals surface area contributed by atoms with E-state index in [1.807, 2.05) is 0 Å². The van der Waals surface area contributed by atoms with E-state index in [-0.39, 0.29) is 31.1 Å². The number of rotatable bonds is 50. The van der Waals surface area contributed by atoms with Gasteiger partial charge in [-0.05, 0) is 96.3 Å². The first-order valence-electron chi connectivity index (χ1n) is 27.8. The van der Waals surface area contributed by atoms with E-state index in [9.17, 15) is 14.4 Å². The molecule has 0 bridgehead atoms. The zero-order valence-electron chi connectivity index (χ0n) is 43.0. The van der Waals surface area contributed by atoms with Crippen LogP contribution in [-0.4, -0.2) is 37.2 Å². The van der Waals surface area contributed by atoms with Crippen LogP contribution in [0.2, 0.25) is 0 Å². The van der Waals surface area contributed by atoms with E-state index in [1.54, 1.807) is 0 Å². The van der Waals surface area contributed by atoms with E-state index in [0.29, 0.717) is 19.3 Å². The molecule has 0 spiro atoms. The van der Waals surface area contributed by atoms with E-state index in [0.717, 1.165) is 83.5 Å². The van der Waals surface area contributed by atoms with Crippen LogP contribution in [0.4, 0.5) is 0 Å². The van der Waals surface area contributed by atoms with Crippen LogP contribution in [0, 0.1) is 0 Å². The molecular formula is C59H104O6. The third-order valence-electron chi connectivity index (χ3n) is 12.0. The van der Waals surface area contributed by atoms with E-state index in [4.69, 9.17) is 14.2 Å². The molecular weight excluding hydrogens is 805 g/mol. The molecule has 0 fully saturated rings. The van der Waals surface area contributed by atoms with Gasteiger partial charge in [0.05, 0.1) is 0 Å². The Labute approximate surface area is 402 Å². The molecule has 1 atom stereocenters. The van der Waals surface area contributed by atoms with Gasteiger partial charge in [-0.25, -0.2) is 0 Å². The van der Waals surface area contributed by atoms with Crippen LogP contribution >= 0.6 is 0 Å². The fourth-order valence-electron chi connectivity index (χ4n) is 7.74. The van der Waals surface area contributed by atoms with Crippen LogP contribution in [-0.2, 0) is 28.6 Å². The molecule has 0 amide bonds. The van der Waals surface area contributed by atoms with Crippen molar-refractivity contribution in [3.05, 3.63) is 60.8 Å². The molecule has 0 heterocycles. The summed E-state index contributed by atoms with van der Waals surface area (Å²) in [5.41, 5.74) is 0. The van der Waals surface area contributed by atoms with E-state index in [1.165, 1.54) is 154 Å². The molecule has 0 aliphatic rings. The molecule has 0 radical (unpaired) electrons. The fraction of sp³-hybridized carbons (Fsp3) is 0.780. The summed E-state index contributed by atoms with van der Waals surface area (Å²) >= 11 is 0. The SMILES string of the molecule is CCCC/C=C\C=C/CCCCCC(=O)OCC(COC(=O)CCCCCCCCC/C=C\CCCCCCCCCC)OC(=O)CCCCCCCCC/C=C\C/C=C\CCCCC. The van der Waals surface area contributed by atoms with Gasteiger partial charge in [0.25, 0.3) is 0 Å². The lowest BCUT2D eigenvalue weighted by Crippen LogP contribution is -2.30. The van der Waals surface area contributed by atoms with Gasteiger partial charge in [0.2, 0.25) is 0 Å². The molecule has 6 heteroatoms. The monoisotopic (exact) mass is 909 g/mol. The molecule has 0 aromatic rings. The number of allylic oxidation sites excluding steroid dienone is 10. The number of carbonyl (C=O) groups excluding carboxylic acids is 3. The maximum absolute atomic E-state index is 12.8. The largest absolute Gasteiger partial charge is 0.462 e. The number of unbranched alkanes of at least 4 members (excludes halogenated alkanes) is 30. The smallest absolute Gasteiger partial charge is 0.306 e. The lowest BCUT2D eigenvalue weighted by molar-refractivity contribution is -0.167. The third kappa shape index (κ3) is 51.9.